The van der Waals surface area contributed by atoms with Crippen LogP contribution in [0.2, 0.25) is 0 Å². The highest BCUT2D eigenvalue weighted by Gasteiger charge is 2.23. The van der Waals surface area contributed by atoms with Gasteiger partial charge in [-0.3, -0.25) is 4.79 Å². The average Bonchev–Trinajstić information content (AvgIpc) is 2.90. The van der Waals surface area contributed by atoms with Crippen molar-refractivity contribution in [2.24, 2.45) is 0 Å². The summed E-state index contributed by atoms with van der Waals surface area (Å²) in [5, 5.41) is 17.3. The molecule has 0 bridgehead atoms. The molecule has 2 unspecified atom stereocenters. The molecular formula is C17H17FN4O2. The number of hydrogen-bond donors (Lipinski definition) is 2. The van der Waals surface area contributed by atoms with Gasteiger partial charge >= 0.3 is 0 Å². The summed E-state index contributed by atoms with van der Waals surface area (Å²) in [6.45, 7) is 3.41. The van der Waals surface area contributed by atoms with Crippen LogP contribution in [-0.2, 0) is 0 Å². The molecule has 0 spiro atoms. The van der Waals surface area contributed by atoms with Crippen molar-refractivity contribution in [3.05, 3.63) is 65.4 Å². The fraction of sp³-hybridized carbons (Fsp3) is 0.235. The molecule has 6 nitrogen and oxygen atoms in total. The van der Waals surface area contributed by atoms with E-state index in [0.717, 1.165) is 0 Å². The summed E-state index contributed by atoms with van der Waals surface area (Å²) in [4.78, 5) is 16.7. The number of carbonyl (C=O) groups excluding carboxylic acids is 1. The van der Waals surface area contributed by atoms with Gasteiger partial charge in [0.25, 0.3) is 5.91 Å². The van der Waals surface area contributed by atoms with E-state index < -0.39 is 12.1 Å². The van der Waals surface area contributed by atoms with Crippen molar-refractivity contribution in [2.45, 2.75) is 26.0 Å². The smallest absolute Gasteiger partial charge is 0.257 e. The van der Waals surface area contributed by atoms with Gasteiger partial charge in [0.15, 0.2) is 5.65 Å². The van der Waals surface area contributed by atoms with Crippen LogP contribution in [0.5, 0.6) is 0 Å². The highest BCUT2D eigenvalue weighted by atomic mass is 19.1. The Morgan fingerprint density at radius 3 is 2.75 bits per heavy atom. The van der Waals surface area contributed by atoms with Crippen molar-refractivity contribution in [2.75, 3.05) is 0 Å². The third kappa shape index (κ3) is 2.98. The van der Waals surface area contributed by atoms with Crippen LogP contribution >= 0.6 is 0 Å². The monoisotopic (exact) mass is 328 g/mol. The SMILES string of the molecule is Cc1nn2cccnc2c1C(=O)NC(C)C(O)c1ccc(F)cc1. The number of aliphatic hydroxyl groups is 1. The molecule has 3 rings (SSSR count). The molecule has 1 amide bonds. The van der Waals surface area contributed by atoms with Gasteiger partial charge < -0.3 is 10.4 Å². The molecule has 24 heavy (non-hydrogen) atoms. The molecule has 0 saturated heterocycles. The Kier molecular flexibility index (Phi) is 4.26. The zero-order valence-electron chi connectivity index (χ0n) is 13.3. The van der Waals surface area contributed by atoms with E-state index in [4.69, 9.17) is 0 Å². The van der Waals surface area contributed by atoms with Crippen LogP contribution in [0.4, 0.5) is 4.39 Å². The minimum Gasteiger partial charge on any atom is -0.386 e. The van der Waals surface area contributed by atoms with E-state index in [1.54, 1.807) is 32.3 Å². The third-order valence-electron chi connectivity index (χ3n) is 3.84. The van der Waals surface area contributed by atoms with Crippen molar-refractivity contribution < 1.29 is 14.3 Å². The first-order chi connectivity index (χ1) is 11.5. The van der Waals surface area contributed by atoms with Crippen LogP contribution in [0.1, 0.15) is 34.6 Å². The maximum atomic E-state index is 13.0. The molecule has 2 atom stereocenters. The first-order valence-corrected chi connectivity index (χ1v) is 7.51. The number of aromatic nitrogens is 3. The number of benzene rings is 1. The highest BCUT2D eigenvalue weighted by Crippen LogP contribution is 2.19. The van der Waals surface area contributed by atoms with E-state index in [9.17, 15) is 14.3 Å². The van der Waals surface area contributed by atoms with E-state index in [2.05, 4.69) is 15.4 Å². The molecule has 1 aromatic carbocycles. The van der Waals surface area contributed by atoms with Gasteiger partial charge in [0.1, 0.15) is 11.4 Å². The highest BCUT2D eigenvalue weighted by molar-refractivity contribution is 6.01. The molecule has 0 saturated carbocycles. The largest absolute Gasteiger partial charge is 0.386 e. The third-order valence-corrected chi connectivity index (χ3v) is 3.84. The number of amides is 1. The second-order valence-electron chi connectivity index (χ2n) is 5.61. The molecule has 0 aliphatic rings. The fourth-order valence-corrected chi connectivity index (χ4v) is 2.57. The van der Waals surface area contributed by atoms with E-state index >= 15 is 0 Å². The standard InChI is InChI=1S/C17H17FN4O2/c1-10-14(16-19-8-3-9-22(16)21-10)17(24)20-11(2)15(23)12-4-6-13(18)7-5-12/h3-9,11,15,23H,1-2H3,(H,20,24). The lowest BCUT2D eigenvalue weighted by Gasteiger charge is -2.20. The summed E-state index contributed by atoms with van der Waals surface area (Å²) < 4.78 is 14.5. The van der Waals surface area contributed by atoms with Crippen molar-refractivity contribution in [3.8, 4) is 0 Å². The molecular weight excluding hydrogens is 311 g/mol. The van der Waals surface area contributed by atoms with Crippen LogP contribution in [0.15, 0.2) is 42.7 Å². The Bertz CT molecular complexity index is 876. The number of nitrogens with zero attached hydrogens (tertiary/aromatic N) is 3. The number of hydrogen-bond acceptors (Lipinski definition) is 4. The summed E-state index contributed by atoms with van der Waals surface area (Å²) in [5.74, 6) is -0.745. The van der Waals surface area contributed by atoms with Crippen LogP contribution in [0, 0.1) is 12.7 Å². The lowest BCUT2D eigenvalue weighted by Crippen LogP contribution is -2.37. The Labute approximate surface area is 138 Å². The fourth-order valence-electron chi connectivity index (χ4n) is 2.57. The molecule has 0 fully saturated rings. The van der Waals surface area contributed by atoms with E-state index in [1.165, 1.54) is 28.8 Å². The quantitative estimate of drug-likeness (QED) is 0.768. The second kappa shape index (κ2) is 6.37. The van der Waals surface area contributed by atoms with Crippen molar-refractivity contribution in [3.63, 3.8) is 0 Å². The Morgan fingerprint density at radius 1 is 1.33 bits per heavy atom. The van der Waals surface area contributed by atoms with E-state index in [0.29, 0.717) is 22.5 Å². The lowest BCUT2D eigenvalue weighted by atomic mass is 10.0. The summed E-state index contributed by atoms with van der Waals surface area (Å²) in [6.07, 6.45) is 2.34. The molecule has 3 aromatic rings. The normalized spacial score (nSPS) is 13.7. The number of aliphatic hydroxyl groups excluding tert-OH is 1. The molecule has 2 heterocycles. The molecule has 124 valence electrons. The van der Waals surface area contributed by atoms with Gasteiger partial charge in [0.2, 0.25) is 0 Å². The molecule has 0 aliphatic heterocycles. The van der Waals surface area contributed by atoms with E-state index in [1.807, 2.05) is 0 Å². The van der Waals surface area contributed by atoms with Crippen LogP contribution < -0.4 is 5.32 Å². The number of halogens is 1. The number of nitrogens with one attached hydrogen (secondary N) is 1. The average molecular weight is 328 g/mol. The molecule has 0 aliphatic carbocycles. The second-order valence-corrected chi connectivity index (χ2v) is 5.61. The minimum absolute atomic E-state index is 0.366. The predicted molar refractivity (Wildman–Crippen MR) is 86.0 cm³/mol. The van der Waals surface area contributed by atoms with Gasteiger partial charge in [-0.2, -0.15) is 5.10 Å². The van der Waals surface area contributed by atoms with Crippen LogP contribution in [0.25, 0.3) is 5.65 Å². The van der Waals surface area contributed by atoms with Gasteiger partial charge in [0, 0.05) is 12.4 Å². The molecule has 7 heteroatoms. The maximum Gasteiger partial charge on any atom is 0.257 e. The number of aryl methyl sites for hydroxylation is 1. The Balaban J connectivity index is 1.80. The number of carbonyl (C=O) groups is 1. The predicted octanol–water partition coefficient (Wildman–Crippen LogP) is 2.03. The van der Waals surface area contributed by atoms with Crippen molar-refractivity contribution in [1.29, 1.82) is 0 Å². The van der Waals surface area contributed by atoms with Gasteiger partial charge in [-0.1, -0.05) is 12.1 Å². The zero-order valence-corrected chi connectivity index (χ0v) is 13.3. The lowest BCUT2D eigenvalue weighted by molar-refractivity contribution is 0.0852. The number of fused-ring (bicyclic) bond motifs is 1. The zero-order chi connectivity index (χ0) is 17.3. The molecule has 2 aromatic heterocycles. The molecule has 2 N–H and O–H groups in total. The molecule has 0 radical (unpaired) electrons. The van der Waals surface area contributed by atoms with E-state index in [-0.39, 0.29) is 11.7 Å². The minimum atomic E-state index is -0.954. The summed E-state index contributed by atoms with van der Waals surface area (Å²) in [6, 6.07) is 6.68. The Hall–Kier alpha value is -2.80. The summed E-state index contributed by atoms with van der Waals surface area (Å²) >= 11 is 0. The van der Waals surface area contributed by atoms with Gasteiger partial charge in [-0.25, -0.2) is 13.9 Å². The Morgan fingerprint density at radius 2 is 2.04 bits per heavy atom. The van der Waals surface area contributed by atoms with Crippen LogP contribution in [-0.4, -0.2) is 31.7 Å². The van der Waals surface area contributed by atoms with Gasteiger partial charge in [-0.15, -0.1) is 0 Å². The summed E-state index contributed by atoms with van der Waals surface area (Å²) in [5.41, 5.74) is 1.90. The van der Waals surface area contributed by atoms with Crippen LogP contribution in [0.3, 0.4) is 0 Å². The summed E-state index contributed by atoms with van der Waals surface area (Å²) in [7, 11) is 0. The van der Waals surface area contributed by atoms with Gasteiger partial charge in [-0.05, 0) is 37.6 Å². The number of rotatable bonds is 4. The van der Waals surface area contributed by atoms with Gasteiger partial charge in [0.05, 0.1) is 17.8 Å². The van der Waals surface area contributed by atoms with Crippen molar-refractivity contribution >= 4 is 11.6 Å². The maximum absolute atomic E-state index is 13.0. The first-order valence-electron chi connectivity index (χ1n) is 7.51. The first kappa shape index (κ1) is 16.1. The van der Waals surface area contributed by atoms with Crippen molar-refractivity contribution in [1.82, 2.24) is 19.9 Å². The topological polar surface area (TPSA) is 79.5 Å².